The van der Waals surface area contributed by atoms with Gasteiger partial charge in [-0.25, -0.2) is 9.78 Å². The molecule has 17 heavy (non-hydrogen) atoms. The molecule has 4 heteroatoms. The van der Waals surface area contributed by atoms with Crippen LogP contribution in [0.4, 0.5) is 0 Å². The van der Waals surface area contributed by atoms with Gasteiger partial charge in [0.05, 0.1) is 6.33 Å². The normalized spacial score (nSPS) is 10.4. The van der Waals surface area contributed by atoms with Crippen LogP contribution in [0.15, 0.2) is 36.8 Å². The second-order valence-corrected chi connectivity index (χ2v) is 3.91. The first-order chi connectivity index (χ1) is 8.19. The maximum Gasteiger partial charge on any atom is 0.356 e. The molecule has 0 saturated carbocycles. The number of carboxylic acids is 1. The summed E-state index contributed by atoms with van der Waals surface area (Å²) >= 11 is 0. The van der Waals surface area contributed by atoms with Crippen molar-refractivity contribution in [2.45, 2.75) is 19.9 Å². The molecule has 0 amide bonds. The molecular formula is C13H14N2O2. The van der Waals surface area contributed by atoms with E-state index in [4.69, 9.17) is 5.11 Å². The van der Waals surface area contributed by atoms with E-state index in [0.717, 1.165) is 12.0 Å². The number of aromatic nitrogens is 2. The predicted octanol–water partition coefficient (Wildman–Crippen LogP) is 2.19. The van der Waals surface area contributed by atoms with E-state index in [9.17, 15) is 4.79 Å². The number of aryl methyl sites for hydroxylation is 1. The van der Waals surface area contributed by atoms with Crippen LogP contribution in [0, 0.1) is 0 Å². The van der Waals surface area contributed by atoms with Crippen molar-refractivity contribution < 1.29 is 9.90 Å². The monoisotopic (exact) mass is 230 g/mol. The Morgan fingerprint density at radius 2 is 1.94 bits per heavy atom. The smallest absolute Gasteiger partial charge is 0.356 e. The molecule has 0 unspecified atom stereocenters. The Bertz CT molecular complexity index is 514. The number of carbonyl (C=O) groups is 1. The second kappa shape index (κ2) is 4.82. The highest BCUT2D eigenvalue weighted by Gasteiger charge is 2.06. The maximum atomic E-state index is 10.7. The van der Waals surface area contributed by atoms with Gasteiger partial charge in [-0.15, -0.1) is 0 Å². The van der Waals surface area contributed by atoms with Crippen LogP contribution in [0.2, 0.25) is 0 Å². The fourth-order valence-corrected chi connectivity index (χ4v) is 1.65. The fraction of sp³-hybridized carbons (Fsp3) is 0.231. The lowest BCUT2D eigenvalue weighted by Gasteiger charge is -2.03. The van der Waals surface area contributed by atoms with Crippen molar-refractivity contribution >= 4 is 5.97 Å². The number of nitrogens with zero attached hydrogens (tertiary/aromatic N) is 2. The lowest BCUT2D eigenvalue weighted by atomic mass is 10.1. The first-order valence-corrected chi connectivity index (χ1v) is 5.52. The van der Waals surface area contributed by atoms with E-state index in [-0.39, 0.29) is 5.69 Å². The van der Waals surface area contributed by atoms with Crippen LogP contribution in [0.25, 0.3) is 0 Å². The molecule has 1 aromatic heterocycles. The molecule has 0 fully saturated rings. The maximum absolute atomic E-state index is 10.7. The Hall–Kier alpha value is -2.10. The van der Waals surface area contributed by atoms with Crippen molar-refractivity contribution in [1.82, 2.24) is 9.55 Å². The quantitative estimate of drug-likeness (QED) is 0.876. The lowest BCUT2D eigenvalue weighted by Crippen LogP contribution is -1.98. The van der Waals surface area contributed by atoms with Crippen molar-refractivity contribution in [2.24, 2.45) is 0 Å². The average Bonchev–Trinajstić information content (AvgIpc) is 2.79. The van der Waals surface area contributed by atoms with Gasteiger partial charge in [0.25, 0.3) is 0 Å². The van der Waals surface area contributed by atoms with Gasteiger partial charge in [-0.05, 0) is 17.5 Å². The van der Waals surface area contributed by atoms with E-state index < -0.39 is 5.97 Å². The van der Waals surface area contributed by atoms with E-state index >= 15 is 0 Å². The molecule has 0 saturated heterocycles. The number of hydrogen-bond acceptors (Lipinski definition) is 2. The largest absolute Gasteiger partial charge is 0.476 e. The van der Waals surface area contributed by atoms with E-state index in [1.54, 1.807) is 4.57 Å². The zero-order valence-electron chi connectivity index (χ0n) is 9.63. The summed E-state index contributed by atoms with van der Waals surface area (Å²) < 4.78 is 1.77. The first-order valence-electron chi connectivity index (χ1n) is 5.52. The summed E-state index contributed by atoms with van der Waals surface area (Å²) in [4.78, 5) is 14.5. The van der Waals surface area contributed by atoms with Gasteiger partial charge in [-0.2, -0.15) is 0 Å². The van der Waals surface area contributed by atoms with E-state index in [1.807, 2.05) is 0 Å². The molecule has 0 aliphatic carbocycles. The molecule has 0 aliphatic rings. The van der Waals surface area contributed by atoms with Crippen molar-refractivity contribution in [3.8, 4) is 0 Å². The molecule has 0 radical (unpaired) electrons. The molecule has 0 spiro atoms. The number of aromatic carboxylic acids is 1. The minimum atomic E-state index is -0.995. The molecule has 1 N–H and O–H groups in total. The zero-order valence-corrected chi connectivity index (χ0v) is 9.63. The summed E-state index contributed by atoms with van der Waals surface area (Å²) in [6.07, 6.45) is 4.10. The molecule has 0 bridgehead atoms. The van der Waals surface area contributed by atoms with Gasteiger partial charge >= 0.3 is 5.97 Å². The third-order valence-electron chi connectivity index (χ3n) is 2.65. The van der Waals surface area contributed by atoms with Crippen LogP contribution in [0.5, 0.6) is 0 Å². The van der Waals surface area contributed by atoms with E-state index in [2.05, 4.69) is 36.2 Å². The van der Waals surface area contributed by atoms with Gasteiger partial charge in [0.15, 0.2) is 5.69 Å². The summed E-state index contributed by atoms with van der Waals surface area (Å²) in [5.41, 5.74) is 2.51. The molecular weight excluding hydrogens is 216 g/mol. The lowest BCUT2D eigenvalue weighted by molar-refractivity contribution is 0.0691. The standard InChI is InChI=1S/C13H14N2O2/c1-2-10-3-5-11(6-4-10)7-15-8-12(13(16)17)14-9-15/h3-6,8-9H,2,7H2,1H3,(H,16,17). The van der Waals surface area contributed by atoms with Crippen molar-refractivity contribution in [1.29, 1.82) is 0 Å². The Kier molecular flexibility index (Phi) is 3.23. The van der Waals surface area contributed by atoms with Gasteiger partial charge in [0.2, 0.25) is 0 Å². The van der Waals surface area contributed by atoms with Gasteiger partial charge in [-0.3, -0.25) is 0 Å². The molecule has 88 valence electrons. The predicted molar refractivity (Wildman–Crippen MR) is 64.1 cm³/mol. The molecule has 2 aromatic rings. The van der Waals surface area contributed by atoms with Gasteiger partial charge in [-0.1, -0.05) is 31.2 Å². The molecule has 0 atom stereocenters. The number of carboxylic acid groups (broad SMARTS) is 1. The average molecular weight is 230 g/mol. The minimum absolute atomic E-state index is 0.0789. The number of rotatable bonds is 4. The van der Waals surface area contributed by atoms with Crippen LogP contribution >= 0.6 is 0 Å². The topological polar surface area (TPSA) is 55.1 Å². The highest BCUT2D eigenvalue weighted by molar-refractivity contribution is 5.84. The molecule has 1 heterocycles. The van der Waals surface area contributed by atoms with Crippen LogP contribution in [0.3, 0.4) is 0 Å². The second-order valence-electron chi connectivity index (χ2n) is 3.91. The first kappa shape index (κ1) is 11.4. The Balaban J connectivity index is 2.11. The summed E-state index contributed by atoms with van der Waals surface area (Å²) in [6, 6.07) is 8.29. The molecule has 0 aliphatic heterocycles. The fourth-order valence-electron chi connectivity index (χ4n) is 1.65. The van der Waals surface area contributed by atoms with Crippen molar-refractivity contribution in [3.63, 3.8) is 0 Å². The third kappa shape index (κ3) is 2.72. The Labute approximate surface area is 99.5 Å². The Morgan fingerprint density at radius 3 is 2.47 bits per heavy atom. The summed E-state index contributed by atoms with van der Waals surface area (Å²) in [5, 5.41) is 8.76. The van der Waals surface area contributed by atoms with Gasteiger partial charge in [0.1, 0.15) is 0 Å². The van der Waals surface area contributed by atoms with Gasteiger partial charge < -0.3 is 9.67 Å². The number of imidazole rings is 1. The van der Waals surface area contributed by atoms with Crippen molar-refractivity contribution in [2.75, 3.05) is 0 Å². The summed E-state index contributed by atoms with van der Waals surface area (Å²) in [5.74, 6) is -0.995. The van der Waals surface area contributed by atoms with E-state index in [0.29, 0.717) is 6.54 Å². The number of benzene rings is 1. The van der Waals surface area contributed by atoms with Crippen LogP contribution in [0.1, 0.15) is 28.5 Å². The van der Waals surface area contributed by atoms with E-state index in [1.165, 1.54) is 18.1 Å². The van der Waals surface area contributed by atoms with Crippen molar-refractivity contribution in [3.05, 3.63) is 53.6 Å². The highest BCUT2D eigenvalue weighted by Crippen LogP contribution is 2.07. The van der Waals surface area contributed by atoms with Crippen LogP contribution < -0.4 is 0 Å². The highest BCUT2D eigenvalue weighted by atomic mass is 16.4. The molecule has 2 rings (SSSR count). The van der Waals surface area contributed by atoms with Gasteiger partial charge in [0, 0.05) is 12.7 Å². The number of hydrogen-bond donors (Lipinski definition) is 1. The minimum Gasteiger partial charge on any atom is -0.476 e. The SMILES string of the molecule is CCc1ccc(Cn2cnc(C(=O)O)c2)cc1. The zero-order chi connectivity index (χ0) is 12.3. The summed E-state index contributed by atoms with van der Waals surface area (Å²) in [7, 11) is 0. The third-order valence-corrected chi connectivity index (χ3v) is 2.65. The van der Waals surface area contributed by atoms with Crippen LogP contribution in [-0.4, -0.2) is 20.6 Å². The van der Waals surface area contributed by atoms with Crippen LogP contribution in [-0.2, 0) is 13.0 Å². The molecule has 4 nitrogen and oxygen atoms in total. The molecule has 1 aromatic carbocycles. The Morgan fingerprint density at radius 1 is 1.29 bits per heavy atom. The summed E-state index contributed by atoms with van der Waals surface area (Å²) in [6.45, 7) is 2.76.